The monoisotopic (exact) mass is 719 g/mol. The number of benzene rings is 2. The highest BCUT2D eigenvalue weighted by Gasteiger charge is 2.39. The van der Waals surface area contributed by atoms with E-state index in [2.05, 4.69) is 54.9 Å². The number of fused-ring (bicyclic) bond motifs is 2. The van der Waals surface area contributed by atoms with Crippen LogP contribution in [0.5, 0.6) is 0 Å². The maximum atomic E-state index is 12.9. The van der Waals surface area contributed by atoms with Crippen molar-refractivity contribution in [2.75, 3.05) is 43.4 Å². The van der Waals surface area contributed by atoms with Crippen LogP contribution in [0.15, 0.2) is 60.8 Å². The van der Waals surface area contributed by atoms with E-state index in [4.69, 9.17) is 0 Å². The summed E-state index contributed by atoms with van der Waals surface area (Å²) in [7, 11) is 1.63. The minimum Gasteiger partial charge on any atom is -0.369 e. The van der Waals surface area contributed by atoms with Crippen LogP contribution in [0.2, 0.25) is 0 Å². The quantitative estimate of drug-likeness (QED) is 0.217. The van der Waals surface area contributed by atoms with Crippen molar-refractivity contribution in [2.45, 2.75) is 83.5 Å². The minimum atomic E-state index is -0.593. The molecule has 53 heavy (non-hydrogen) atoms. The van der Waals surface area contributed by atoms with E-state index in [1.165, 1.54) is 31.2 Å². The first kappa shape index (κ1) is 36.1. The normalized spacial score (nSPS) is 19.2. The molecule has 8 rings (SSSR count). The molecule has 0 radical (unpaired) electrons. The number of amides is 4. The summed E-state index contributed by atoms with van der Waals surface area (Å²) < 4.78 is 1.91. The number of hydrogen-bond acceptors (Lipinski definition) is 9. The molecule has 13 heteroatoms. The molecule has 3 fully saturated rings. The van der Waals surface area contributed by atoms with Crippen molar-refractivity contribution in [3.63, 3.8) is 0 Å². The first-order chi connectivity index (χ1) is 25.8. The fourth-order valence-corrected chi connectivity index (χ4v) is 7.82. The van der Waals surface area contributed by atoms with E-state index in [1.807, 2.05) is 53.2 Å². The van der Waals surface area contributed by atoms with E-state index in [0.29, 0.717) is 30.1 Å². The number of aryl methyl sites for hydroxylation is 1. The minimum absolute atomic E-state index is 0.0820. The van der Waals surface area contributed by atoms with Crippen LogP contribution < -0.4 is 20.9 Å². The van der Waals surface area contributed by atoms with Gasteiger partial charge in [-0.1, -0.05) is 38.3 Å². The Morgan fingerprint density at radius 3 is 2.43 bits per heavy atom. The molecular weight excluding hydrogens is 670 g/mol. The zero-order valence-electron chi connectivity index (χ0n) is 30.6. The molecule has 4 aromatic rings. The molecule has 1 saturated carbocycles. The van der Waals surface area contributed by atoms with E-state index < -0.39 is 6.04 Å². The van der Waals surface area contributed by atoms with E-state index in [-0.39, 0.29) is 30.0 Å². The Hall–Kier alpha value is -5.30. The molecule has 1 aliphatic carbocycles. The fraction of sp³-hybridized carbons (Fsp3) is 0.450. The van der Waals surface area contributed by atoms with Gasteiger partial charge in [-0.2, -0.15) is 9.61 Å². The van der Waals surface area contributed by atoms with Gasteiger partial charge in [0, 0.05) is 93.4 Å². The number of rotatable bonds is 9. The molecule has 0 bridgehead atoms. The highest BCUT2D eigenvalue weighted by molar-refractivity contribution is 6.05. The number of nitrogens with zero attached hydrogens (tertiary/aromatic N) is 6. The van der Waals surface area contributed by atoms with Crippen molar-refractivity contribution in [2.24, 2.45) is 0 Å². The third-order valence-electron chi connectivity index (χ3n) is 10.7. The molecular formula is C40H49N9O4. The molecule has 4 amide bonds. The third kappa shape index (κ3) is 8.20. The van der Waals surface area contributed by atoms with Crippen molar-refractivity contribution >= 4 is 40.8 Å². The number of piperidine rings is 1. The van der Waals surface area contributed by atoms with E-state index in [1.54, 1.807) is 11.9 Å². The first-order valence-electron chi connectivity index (χ1n) is 19.0. The molecule has 5 heterocycles. The molecule has 2 aromatic heterocycles. The summed E-state index contributed by atoms with van der Waals surface area (Å²) in [6.45, 7) is 6.99. The second kappa shape index (κ2) is 16.2. The molecule has 2 aromatic carbocycles. The molecule has 278 valence electrons. The van der Waals surface area contributed by atoms with Crippen molar-refractivity contribution in [1.29, 1.82) is 0 Å². The number of carbonyl (C=O) groups is 4. The Bertz CT molecular complexity index is 1960. The lowest BCUT2D eigenvalue weighted by atomic mass is 10.0. The number of hydrogen-bond donors (Lipinski definition) is 3. The summed E-state index contributed by atoms with van der Waals surface area (Å²) >= 11 is 0. The predicted octanol–water partition coefficient (Wildman–Crippen LogP) is 4.17. The van der Waals surface area contributed by atoms with Gasteiger partial charge >= 0.3 is 0 Å². The van der Waals surface area contributed by atoms with Gasteiger partial charge in [-0.25, -0.2) is 4.98 Å². The Kier molecular flexibility index (Phi) is 11.0. The number of piperazine rings is 1. The van der Waals surface area contributed by atoms with Crippen LogP contribution >= 0.6 is 0 Å². The topological polar surface area (TPSA) is 144 Å². The van der Waals surface area contributed by atoms with Gasteiger partial charge in [-0.15, -0.1) is 0 Å². The largest absolute Gasteiger partial charge is 0.369 e. The standard InChI is InChI=1S/C26H29N5O4.C14H20N4/c1-27-24(33)18-4-2-17(3-5-18)15-29-10-12-30(13-11-29)20-6-7-21-19(14-20)16-31(26(21)35)22-8-9-23(32)28-25(22)34;1-2-5-12-10-14(16-11-6-3-4-7-11)18-13(17-12)8-9-15-18/h2-7,14,22H,8-13,15-16H2,1H3,(H,27,33)(H,28,32,34);8-11,16H,2-7H2,1H3. The Morgan fingerprint density at radius 2 is 1.72 bits per heavy atom. The lowest BCUT2D eigenvalue weighted by Gasteiger charge is -2.36. The van der Waals surface area contributed by atoms with Gasteiger partial charge in [0.1, 0.15) is 11.9 Å². The third-order valence-corrected chi connectivity index (χ3v) is 10.7. The summed E-state index contributed by atoms with van der Waals surface area (Å²) in [4.78, 5) is 59.3. The van der Waals surface area contributed by atoms with Gasteiger partial charge in [0.2, 0.25) is 11.8 Å². The molecule has 3 N–H and O–H groups in total. The number of carbonyl (C=O) groups excluding carboxylic acids is 4. The molecule has 2 saturated heterocycles. The molecule has 1 unspecified atom stereocenters. The second-order valence-electron chi connectivity index (χ2n) is 14.4. The summed E-state index contributed by atoms with van der Waals surface area (Å²) in [6, 6.07) is 17.8. The lowest BCUT2D eigenvalue weighted by Crippen LogP contribution is -2.52. The van der Waals surface area contributed by atoms with E-state index in [0.717, 1.165) is 74.0 Å². The van der Waals surface area contributed by atoms with Gasteiger partial charge in [-0.3, -0.25) is 29.4 Å². The van der Waals surface area contributed by atoms with Crippen molar-refractivity contribution in [3.05, 3.63) is 88.7 Å². The van der Waals surface area contributed by atoms with Gasteiger partial charge < -0.3 is 20.4 Å². The smallest absolute Gasteiger partial charge is 0.255 e. The van der Waals surface area contributed by atoms with Crippen LogP contribution in [0.25, 0.3) is 5.65 Å². The summed E-state index contributed by atoms with van der Waals surface area (Å²) in [5.41, 5.74) is 6.58. The van der Waals surface area contributed by atoms with Gasteiger partial charge in [0.05, 0.1) is 6.20 Å². The zero-order valence-corrected chi connectivity index (χ0v) is 30.6. The maximum Gasteiger partial charge on any atom is 0.255 e. The Morgan fingerprint density at radius 1 is 0.943 bits per heavy atom. The van der Waals surface area contributed by atoms with Gasteiger partial charge in [-0.05, 0) is 67.1 Å². The van der Waals surface area contributed by atoms with Crippen molar-refractivity contribution in [1.82, 2.24) is 35.0 Å². The van der Waals surface area contributed by atoms with Crippen molar-refractivity contribution in [3.8, 4) is 0 Å². The fourth-order valence-electron chi connectivity index (χ4n) is 7.82. The number of aromatic nitrogens is 3. The lowest BCUT2D eigenvalue weighted by molar-refractivity contribution is -0.136. The van der Waals surface area contributed by atoms with Crippen LogP contribution in [-0.2, 0) is 29.1 Å². The average Bonchev–Trinajstić information content (AvgIpc) is 3.94. The maximum absolute atomic E-state index is 12.9. The van der Waals surface area contributed by atoms with Crippen LogP contribution in [0.1, 0.15) is 89.4 Å². The highest BCUT2D eigenvalue weighted by atomic mass is 16.2. The van der Waals surface area contributed by atoms with Crippen LogP contribution in [-0.4, -0.2) is 93.3 Å². The highest BCUT2D eigenvalue weighted by Crippen LogP contribution is 2.31. The van der Waals surface area contributed by atoms with Gasteiger partial charge in [0.25, 0.3) is 11.8 Å². The molecule has 13 nitrogen and oxygen atoms in total. The zero-order chi connectivity index (χ0) is 36.9. The van der Waals surface area contributed by atoms with Crippen LogP contribution in [0, 0.1) is 0 Å². The Balaban J connectivity index is 0.000000202. The SMILES string of the molecule is CCCc1cc(NC2CCCC2)n2nccc2n1.CNC(=O)c1ccc(CN2CCN(c3ccc4c(c3)CN(C3CCC(=O)NC3=O)C4=O)CC2)cc1. The Labute approximate surface area is 310 Å². The van der Waals surface area contributed by atoms with Crippen LogP contribution in [0.4, 0.5) is 11.5 Å². The molecule has 1 atom stereocenters. The van der Waals surface area contributed by atoms with Crippen molar-refractivity contribution < 1.29 is 19.2 Å². The van der Waals surface area contributed by atoms with E-state index in [9.17, 15) is 19.2 Å². The predicted molar refractivity (Wildman–Crippen MR) is 203 cm³/mol. The summed E-state index contributed by atoms with van der Waals surface area (Å²) in [5, 5.41) is 13.0. The molecule has 3 aliphatic heterocycles. The molecule has 0 spiro atoms. The van der Waals surface area contributed by atoms with E-state index >= 15 is 0 Å². The second-order valence-corrected chi connectivity index (χ2v) is 14.4. The summed E-state index contributed by atoms with van der Waals surface area (Å²) in [6.07, 6.45) is 9.82. The number of anilines is 2. The number of imide groups is 1. The average molecular weight is 720 g/mol. The van der Waals surface area contributed by atoms with Gasteiger partial charge in [0.15, 0.2) is 5.65 Å². The molecule has 4 aliphatic rings. The summed E-state index contributed by atoms with van der Waals surface area (Å²) in [5.74, 6) is 0.204. The number of nitrogens with one attached hydrogen (secondary N) is 3. The first-order valence-corrected chi connectivity index (χ1v) is 19.0. The van der Waals surface area contributed by atoms with Crippen LogP contribution in [0.3, 0.4) is 0 Å².